The topological polar surface area (TPSA) is 38.9 Å². The van der Waals surface area contributed by atoms with Crippen LogP contribution in [0.2, 0.25) is 0 Å². The largest absolute Gasteiger partial charge is 0.462 e. The van der Waals surface area contributed by atoms with Crippen molar-refractivity contribution in [3.05, 3.63) is 36.6 Å². The van der Waals surface area contributed by atoms with Crippen LogP contribution in [-0.2, 0) is 0 Å². The van der Waals surface area contributed by atoms with Crippen LogP contribution in [-0.4, -0.2) is 10.2 Å². The summed E-state index contributed by atoms with van der Waals surface area (Å²) in [4.78, 5) is 0. The zero-order chi connectivity index (χ0) is 8.67. The lowest BCUT2D eigenvalue weighted by Gasteiger charge is -1.94. The van der Waals surface area contributed by atoms with Crippen molar-refractivity contribution >= 4 is 22.0 Å². The zero-order valence-corrected chi connectivity index (χ0v) is 6.77. The predicted octanol–water partition coefficient (Wildman–Crippen LogP) is 2.38. The van der Waals surface area contributed by atoms with Gasteiger partial charge < -0.3 is 4.42 Å². The highest BCUT2D eigenvalue weighted by Gasteiger charge is 2.03. The molecule has 3 rings (SSSR count). The van der Waals surface area contributed by atoms with E-state index >= 15 is 0 Å². The fourth-order valence-corrected chi connectivity index (χ4v) is 1.44. The fourth-order valence-electron chi connectivity index (χ4n) is 1.44. The zero-order valence-electron chi connectivity index (χ0n) is 6.77. The molecule has 0 saturated carbocycles. The molecule has 0 spiro atoms. The first kappa shape index (κ1) is 6.60. The number of nitrogens with zero attached hydrogens (tertiary/aromatic N) is 2. The maximum atomic E-state index is 5.33. The molecule has 3 aromatic rings. The molecule has 0 fully saturated rings. The molecule has 62 valence electrons. The van der Waals surface area contributed by atoms with Crippen LogP contribution in [0.3, 0.4) is 0 Å². The van der Waals surface area contributed by atoms with E-state index in [-0.39, 0.29) is 0 Å². The Balaban J connectivity index is 2.65. The Morgan fingerprint density at radius 2 is 1.77 bits per heavy atom. The minimum atomic E-state index is 0.804. The number of aromatic nitrogens is 2. The molecule has 0 aliphatic heterocycles. The molecule has 1 aromatic carbocycles. The standard InChI is InChI=1S/C10H6N2O/c1-2-4-8-7(3-1)10-9(12-11-8)5-6-13-10/h1-6H. The predicted molar refractivity (Wildman–Crippen MR) is 49.3 cm³/mol. The summed E-state index contributed by atoms with van der Waals surface area (Å²) >= 11 is 0. The van der Waals surface area contributed by atoms with Crippen LogP contribution >= 0.6 is 0 Å². The molecular formula is C10H6N2O. The van der Waals surface area contributed by atoms with E-state index in [1.807, 2.05) is 30.3 Å². The summed E-state index contributed by atoms with van der Waals surface area (Å²) < 4.78 is 5.33. The van der Waals surface area contributed by atoms with Gasteiger partial charge in [0.1, 0.15) is 5.52 Å². The van der Waals surface area contributed by atoms with Gasteiger partial charge in [-0.25, -0.2) is 0 Å². The summed E-state index contributed by atoms with van der Waals surface area (Å²) in [6.07, 6.45) is 1.63. The quantitative estimate of drug-likeness (QED) is 0.520. The van der Waals surface area contributed by atoms with Gasteiger partial charge in [-0.05, 0) is 12.1 Å². The summed E-state index contributed by atoms with van der Waals surface area (Å²) in [6, 6.07) is 9.62. The molecule has 0 N–H and O–H groups in total. The van der Waals surface area contributed by atoms with Crippen LogP contribution in [0.1, 0.15) is 0 Å². The highest BCUT2D eigenvalue weighted by atomic mass is 16.3. The molecule has 0 unspecified atom stereocenters. The van der Waals surface area contributed by atoms with Gasteiger partial charge in [0, 0.05) is 11.5 Å². The summed E-state index contributed by atoms with van der Waals surface area (Å²) in [6.45, 7) is 0. The SMILES string of the molecule is c1ccc2c(c1)nnc1ccoc12. The molecule has 13 heavy (non-hydrogen) atoms. The Morgan fingerprint density at radius 1 is 0.923 bits per heavy atom. The molecule has 3 nitrogen and oxygen atoms in total. The van der Waals surface area contributed by atoms with E-state index in [0.717, 1.165) is 22.0 Å². The van der Waals surface area contributed by atoms with Crippen LogP contribution in [0.25, 0.3) is 22.0 Å². The third-order valence-electron chi connectivity index (χ3n) is 2.06. The number of fused-ring (bicyclic) bond motifs is 3. The lowest BCUT2D eigenvalue weighted by molar-refractivity contribution is 0.618. The van der Waals surface area contributed by atoms with Gasteiger partial charge in [0.15, 0.2) is 5.58 Å². The van der Waals surface area contributed by atoms with E-state index in [2.05, 4.69) is 10.2 Å². The van der Waals surface area contributed by atoms with Gasteiger partial charge in [-0.15, -0.1) is 10.2 Å². The second-order valence-electron chi connectivity index (χ2n) is 2.85. The van der Waals surface area contributed by atoms with E-state index in [1.165, 1.54) is 0 Å². The molecule has 0 aliphatic carbocycles. The van der Waals surface area contributed by atoms with Crippen LogP contribution < -0.4 is 0 Å². The monoisotopic (exact) mass is 170 g/mol. The highest BCUT2D eigenvalue weighted by molar-refractivity contribution is 5.99. The molecule has 2 aromatic heterocycles. The van der Waals surface area contributed by atoms with E-state index in [4.69, 9.17) is 4.42 Å². The van der Waals surface area contributed by atoms with Crippen molar-refractivity contribution in [3.8, 4) is 0 Å². The third kappa shape index (κ3) is 0.839. The second-order valence-corrected chi connectivity index (χ2v) is 2.85. The van der Waals surface area contributed by atoms with Crippen LogP contribution in [0.5, 0.6) is 0 Å². The van der Waals surface area contributed by atoms with Crippen molar-refractivity contribution in [2.24, 2.45) is 0 Å². The molecule has 0 amide bonds. The van der Waals surface area contributed by atoms with Crippen molar-refractivity contribution in [1.82, 2.24) is 10.2 Å². The van der Waals surface area contributed by atoms with Crippen LogP contribution in [0.15, 0.2) is 41.0 Å². The van der Waals surface area contributed by atoms with Crippen molar-refractivity contribution in [1.29, 1.82) is 0 Å². The van der Waals surface area contributed by atoms with Crippen molar-refractivity contribution in [2.45, 2.75) is 0 Å². The lowest BCUT2D eigenvalue weighted by atomic mass is 10.2. The number of hydrogen-bond donors (Lipinski definition) is 0. The smallest absolute Gasteiger partial charge is 0.163 e. The molecule has 0 atom stereocenters. The lowest BCUT2D eigenvalue weighted by Crippen LogP contribution is -1.83. The minimum Gasteiger partial charge on any atom is -0.462 e. The first-order chi connectivity index (χ1) is 6.45. The molecule has 0 saturated heterocycles. The average Bonchev–Trinajstić information content (AvgIpc) is 2.65. The van der Waals surface area contributed by atoms with Crippen molar-refractivity contribution < 1.29 is 4.42 Å². The fraction of sp³-hybridized carbons (Fsp3) is 0. The number of hydrogen-bond acceptors (Lipinski definition) is 3. The van der Waals surface area contributed by atoms with Crippen molar-refractivity contribution in [2.75, 3.05) is 0 Å². The normalized spacial score (nSPS) is 11.1. The van der Waals surface area contributed by atoms with E-state index in [0.29, 0.717) is 0 Å². The highest BCUT2D eigenvalue weighted by Crippen LogP contribution is 2.21. The summed E-state index contributed by atoms with van der Waals surface area (Å²) in [5, 5.41) is 9.11. The van der Waals surface area contributed by atoms with Gasteiger partial charge in [-0.1, -0.05) is 12.1 Å². The molecule has 0 bridgehead atoms. The van der Waals surface area contributed by atoms with Gasteiger partial charge in [-0.2, -0.15) is 0 Å². The second kappa shape index (κ2) is 2.29. The molecule has 2 heterocycles. The van der Waals surface area contributed by atoms with Gasteiger partial charge in [0.25, 0.3) is 0 Å². The van der Waals surface area contributed by atoms with Crippen LogP contribution in [0.4, 0.5) is 0 Å². The summed E-state index contributed by atoms with van der Waals surface area (Å²) in [5.41, 5.74) is 2.48. The molecular weight excluding hydrogens is 164 g/mol. The van der Waals surface area contributed by atoms with Crippen molar-refractivity contribution in [3.63, 3.8) is 0 Å². The van der Waals surface area contributed by atoms with E-state index in [1.54, 1.807) is 6.26 Å². The first-order valence-electron chi connectivity index (χ1n) is 4.04. The average molecular weight is 170 g/mol. The maximum Gasteiger partial charge on any atom is 0.163 e. The Hall–Kier alpha value is -1.90. The van der Waals surface area contributed by atoms with Gasteiger partial charge in [0.2, 0.25) is 0 Å². The first-order valence-corrected chi connectivity index (χ1v) is 4.04. The Labute approximate surface area is 74.0 Å². The summed E-state index contributed by atoms with van der Waals surface area (Å²) in [7, 11) is 0. The van der Waals surface area contributed by atoms with Gasteiger partial charge >= 0.3 is 0 Å². The van der Waals surface area contributed by atoms with E-state index < -0.39 is 0 Å². The Bertz CT molecular complexity index is 571. The molecule has 0 aliphatic rings. The number of rotatable bonds is 0. The number of benzene rings is 1. The Kier molecular flexibility index (Phi) is 1.16. The maximum absolute atomic E-state index is 5.33. The van der Waals surface area contributed by atoms with E-state index in [9.17, 15) is 0 Å². The molecule has 0 radical (unpaired) electrons. The minimum absolute atomic E-state index is 0.804. The third-order valence-corrected chi connectivity index (χ3v) is 2.06. The van der Waals surface area contributed by atoms with Crippen LogP contribution in [0, 0.1) is 0 Å². The number of furan rings is 1. The Morgan fingerprint density at radius 3 is 2.77 bits per heavy atom. The van der Waals surface area contributed by atoms with Gasteiger partial charge in [0.05, 0.1) is 11.8 Å². The van der Waals surface area contributed by atoms with Gasteiger partial charge in [-0.3, -0.25) is 0 Å². The summed E-state index contributed by atoms with van der Waals surface area (Å²) in [5.74, 6) is 0. The molecule has 3 heteroatoms.